The van der Waals surface area contributed by atoms with Crippen LogP contribution in [-0.2, 0) is 22.5 Å². The number of aryl methyl sites for hydroxylation is 1. The fourth-order valence-electron chi connectivity index (χ4n) is 3.50. The second kappa shape index (κ2) is 7.66. The van der Waals surface area contributed by atoms with Crippen molar-refractivity contribution in [3.8, 4) is 0 Å². The van der Waals surface area contributed by atoms with Gasteiger partial charge in [0.1, 0.15) is 12.7 Å². The van der Waals surface area contributed by atoms with Crippen LogP contribution in [0.2, 0.25) is 0 Å². The van der Waals surface area contributed by atoms with Crippen LogP contribution >= 0.6 is 0 Å². The molecule has 0 radical (unpaired) electrons. The summed E-state index contributed by atoms with van der Waals surface area (Å²) in [5, 5.41) is 6.54. The van der Waals surface area contributed by atoms with E-state index >= 15 is 0 Å². The van der Waals surface area contributed by atoms with Crippen LogP contribution in [0, 0.1) is 0 Å². The van der Waals surface area contributed by atoms with Gasteiger partial charge in [-0.1, -0.05) is 42.5 Å². The highest BCUT2D eigenvalue weighted by Gasteiger charge is 2.24. The molecule has 3 aromatic rings. The van der Waals surface area contributed by atoms with Crippen molar-refractivity contribution in [2.45, 2.75) is 25.5 Å². The first-order valence-corrected chi connectivity index (χ1v) is 8.98. The number of aromatic nitrogens is 3. The highest BCUT2D eigenvalue weighted by atomic mass is 16.5. The van der Waals surface area contributed by atoms with Gasteiger partial charge in [0, 0.05) is 25.9 Å². The van der Waals surface area contributed by atoms with E-state index in [0.29, 0.717) is 32.7 Å². The lowest BCUT2D eigenvalue weighted by Crippen LogP contribution is -2.46. The number of nitrogens with zero attached hydrogens (tertiary/aromatic N) is 4. The molecule has 2 aromatic carbocycles. The summed E-state index contributed by atoms with van der Waals surface area (Å²) in [6, 6.07) is 14.8. The Hall–Kier alpha value is -2.73. The minimum absolute atomic E-state index is 0.0323. The van der Waals surface area contributed by atoms with Gasteiger partial charge in [-0.3, -0.25) is 9.48 Å². The molecule has 1 aromatic heterocycles. The minimum Gasteiger partial charge on any atom is -0.374 e. The third-order valence-corrected chi connectivity index (χ3v) is 4.84. The number of ether oxygens (including phenoxy) is 1. The van der Waals surface area contributed by atoms with Gasteiger partial charge in [0.05, 0.1) is 19.3 Å². The summed E-state index contributed by atoms with van der Waals surface area (Å²) in [5.74, 6) is 0.145. The number of fused-ring (bicyclic) bond motifs is 1. The van der Waals surface area contributed by atoms with Crippen LogP contribution in [0.5, 0.6) is 0 Å². The van der Waals surface area contributed by atoms with E-state index in [2.05, 4.69) is 52.5 Å². The van der Waals surface area contributed by atoms with Gasteiger partial charge >= 0.3 is 0 Å². The van der Waals surface area contributed by atoms with Gasteiger partial charge in [0.2, 0.25) is 5.91 Å². The molecule has 0 saturated carbocycles. The van der Waals surface area contributed by atoms with Crippen LogP contribution in [0.3, 0.4) is 0 Å². The molecule has 26 heavy (non-hydrogen) atoms. The zero-order valence-corrected chi connectivity index (χ0v) is 14.6. The Morgan fingerprint density at radius 3 is 2.96 bits per heavy atom. The highest BCUT2D eigenvalue weighted by molar-refractivity contribution is 5.85. The number of amides is 1. The third kappa shape index (κ3) is 3.75. The van der Waals surface area contributed by atoms with Crippen LogP contribution in [0.25, 0.3) is 10.8 Å². The molecular formula is C20H22N4O2. The maximum absolute atomic E-state index is 12.5. The minimum atomic E-state index is 0.0323. The van der Waals surface area contributed by atoms with Crippen molar-refractivity contribution in [1.82, 2.24) is 19.7 Å². The van der Waals surface area contributed by atoms with Gasteiger partial charge in [-0.25, -0.2) is 4.98 Å². The molecule has 1 aliphatic rings. The topological polar surface area (TPSA) is 60.2 Å². The normalized spacial score (nSPS) is 17.5. The van der Waals surface area contributed by atoms with Crippen molar-refractivity contribution in [1.29, 1.82) is 0 Å². The van der Waals surface area contributed by atoms with Gasteiger partial charge in [0.15, 0.2) is 0 Å². The number of carbonyl (C=O) groups is 1. The molecule has 6 nitrogen and oxygen atoms in total. The first-order chi connectivity index (χ1) is 12.8. The average Bonchev–Trinajstić information content (AvgIpc) is 3.20. The molecule has 0 N–H and O–H groups in total. The van der Waals surface area contributed by atoms with Crippen molar-refractivity contribution >= 4 is 16.7 Å². The summed E-state index contributed by atoms with van der Waals surface area (Å²) >= 11 is 0. The molecule has 1 atom stereocenters. The van der Waals surface area contributed by atoms with Gasteiger partial charge in [0.25, 0.3) is 0 Å². The van der Waals surface area contributed by atoms with Crippen molar-refractivity contribution in [2.24, 2.45) is 0 Å². The van der Waals surface area contributed by atoms with Gasteiger partial charge in [-0.2, -0.15) is 5.10 Å². The predicted octanol–water partition coefficient (Wildman–Crippen LogP) is 2.29. The van der Waals surface area contributed by atoms with Gasteiger partial charge in [-0.15, -0.1) is 0 Å². The molecule has 0 aliphatic carbocycles. The smallest absolute Gasteiger partial charge is 0.224 e. The van der Waals surface area contributed by atoms with E-state index < -0.39 is 0 Å². The SMILES string of the molecule is O=C(CCn1cncn1)N1CCO[C@H](Cc2cccc3ccccc23)C1. The van der Waals surface area contributed by atoms with Crippen molar-refractivity contribution in [2.75, 3.05) is 19.7 Å². The molecule has 0 spiro atoms. The van der Waals surface area contributed by atoms with Crippen molar-refractivity contribution < 1.29 is 9.53 Å². The van der Waals surface area contributed by atoms with Gasteiger partial charge < -0.3 is 9.64 Å². The second-order valence-electron chi connectivity index (χ2n) is 6.58. The summed E-state index contributed by atoms with van der Waals surface area (Å²) < 4.78 is 7.63. The quantitative estimate of drug-likeness (QED) is 0.708. The molecular weight excluding hydrogens is 328 g/mol. The highest BCUT2D eigenvalue weighted by Crippen LogP contribution is 2.21. The Morgan fingerprint density at radius 2 is 2.08 bits per heavy atom. The van der Waals surface area contributed by atoms with E-state index in [4.69, 9.17) is 4.74 Å². The lowest BCUT2D eigenvalue weighted by atomic mass is 9.99. The Morgan fingerprint density at radius 1 is 1.19 bits per heavy atom. The van der Waals surface area contributed by atoms with E-state index in [1.54, 1.807) is 11.0 Å². The largest absolute Gasteiger partial charge is 0.374 e. The molecule has 2 heterocycles. The fourth-order valence-corrected chi connectivity index (χ4v) is 3.50. The second-order valence-corrected chi connectivity index (χ2v) is 6.58. The van der Waals surface area contributed by atoms with Crippen molar-refractivity contribution in [3.05, 3.63) is 60.7 Å². The molecule has 0 bridgehead atoms. The Balaban J connectivity index is 1.39. The molecule has 0 unspecified atom stereocenters. The average molecular weight is 350 g/mol. The van der Waals surface area contributed by atoms with E-state index in [-0.39, 0.29) is 12.0 Å². The standard InChI is InChI=1S/C20H22N4O2/c25-20(8-9-24-15-21-14-22-24)23-10-11-26-18(13-23)12-17-6-3-5-16-4-1-2-7-19(16)17/h1-7,14-15,18H,8-13H2/t18-/m1/s1. The first-order valence-electron chi connectivity index (χ1n) is 8.98. The molecule has 134 valence electrons. The number of hydrogen-bond donors (Lipinski definition) is 0. The van der Waals surface area contributed by atoms with E-state index in [9.17, 15) is 4.79 Å². The molecule has 4 rings (SSSR count). The zero-order chi connectivity index (χ0) is 17.8. The first kappa shape index (κ1) is 16.7. The predicted molar refractivity (Wildman–Crippen MR) is 98.6 cm³/mol. The van der Waals surface area contributed by atoms with E-state index in [1.165, 1.54) is 22.7 Å². The fraction of sp³-hybridized carbons (Fsp3) is 0.350. The molecule has 1 aliphatic heterocycles. The lowest BCUT2D eigenvalue weighted by Gasteiger charge is -2.33. The molecule has 1 saturated heterocycles. The molecule has 6 heteroatoms. The van der Waals surface area contributed by atoms with Crippen LogP contribution in [0.4, 0.5) is 0 Å². The summed E-state index contributed by atoms with van der Waals surface area (Å²) in [4.78, 5) is 18.3. The summed E-state index contributed by atoms with van der Waals surface area (Å²) in [7, 11) is 0. The zero-order valence-electron chi connectivity index (χ0n) is 14.6. The molecule has 1 fully saturated rings. The van der Waals surface area contributed by atoms with Crippen LogP contribution in [0.15, 0.2) is 55.1 Å². The summed E-state index contributed by atoms with van der Waals surface area (Å²) in [6.07, 6.45) is 4.40. The third-order valence-electron chi connectivity index (χ3n) is 4.84. The summed E-state index contributed by atoms with van der Waals surface area (Å²) in [6.45, 7) is 2.44. The van der Waals surface area contributed by atoms with E-state index in [0.717, 1.165) is 6.42 Å². The maximum atomic E-state index is 12.5. The Labute approximate surface area is 152 Å². The molecule has 1 amide bonds. The Bertz CT molecular complexity index is 873. The number of carbonyl (C=O) groups excluding carboxylic acids is 1. The van der Waals surface area contributed by atoms with Crippen LogP contribution in [0.1, 0.15) is 12.0 Å². The number of benzene rings is 2. The maximum Gasteiger partial charge on any atom is 0.224 e. The van der Waals surface area contributed by atoms with Crippen LogP contribution in [-0.4, -0.2) is 51.4 Å². The van der Waals surface area contributed by atoms with Gasteiger partial charge in [-0.05, 0) is 16.3 Å². The van der Waals surface area contributed by atoms with E-state index in [1.807, 2.05) is 4.90 Å². The monoisotopic (exact) mass is 350 g/mol. The number of hydrogen-bond acceptors (Lipinski definition) is 4. The Kier molecular flexibility index (Phi) is 4.93. The number of morpholine rings is 1. The van der Waals surface area contributed by atoms with Crippen molar-refractivity contribution in [3.63, 3.8) is 0 Å². The lowest BCUT2D eigenvalue weighted by molar-refractivity contribution is -0.139. The van der Waals surface area contributed by atoms with Crippen LogP contribution < -0.4 is 0 Å². The number of rotatable bonds is 5. The summed E-state index contributed by atoms with van der Waals surface area (Å²) in [5.41, 5.74) is 1.27.